The number of hydrogen-bond acceptors (Lipinski definition) is 5. The fourth-order valence-electron chi connectivity index (χ4n) is 2.22. The Morgan fingerprint density at radius 1 is 1.35 bits per heavy atom. The minimum atomic E-state index is -2.85. The Morgan fingerprint density at radius 2 is 2.05 bits per heavy atom. The molecule has 0 unspecified atom stereocenters. The smallest absolute Gasteiger partial charge is 0.338 e. The lowest BCUT2D eigenvalue weighted by molar-refractivity contribution is 0.0526. The summed E-state index contributed by atoms with van der Waals surface area (Å²) in [6, 6.07) is 7.23. The Morgan fingerprint density at radius 3 is 2.70 bits per heavy atom. The number of carbonyl (C=O) groups excluding carboxylic acids is 1. The van der Waals surface area contributed by atoms with Crippen LogP contribution in [0.25, 0.3) is 0 Å². The molecule has 0 radical (unpaired) electrons. The van der Waals surface area contributed by atoms with Crippen LogP contribution in [0.2, 0.25) is 0 Å². The van der Waals surface area contributed by atoms with E-state index in [4.69, 9.17) is 4.74 Å². The van der Waals surface area contributed by atoms with Crippen molar-refractivity contribution in [3.63, 3.8) is 0 Å². The fraction of sp³-hybridized carbons (Fsp3) is 0.500. The van der Waals surface area contributed by atoms with E-state index in [2.05, 4.69) is 5.32 Å². The molecule has 1 fully saturated rings. The Kier molecular flexibility index (Phi) is 4.65. The van der Waals surface area contributed by atoms with Gasteiger partial charge in [0.05, 0.1) is 23.7 Å². The van der Waals surface area contributed by atoms with E-state index in [1.165, 1.54) is 0 Å². The third kappa shape index (κ3) is 3.96. The average molecular weight is 297 g/mol. The highest BCUT2D eigenvalue weighted by Crippen LogP contribution is 2.19. The van der Waals surface area contributed by atoms with E-state index in [0.29, 0.717) is 25.0 Å². The van der Waals surface area contributed by atoms with Crippen molar-refractivity contribution in [3.05, 3.63) is 29.8 Å². The topological polar surface area (TPSA) is 72.5 Å². The van der Waals surface area contributed by atoms with E-state index in [1.807, 2.05) is 6.07 Å². The van der Waals surface area contributed by atoms with Gasteiger partial charge in [-0.05, 0) is 38.0 Å². The summed E-state index contributed by atoms with van der Waals surface area (Å²) in [4.78, 5) is 11.6. The van der Waals surface area contributed by atoms with E-state index in [1.54, 1.807) is 25.1 Å². The molecule has 1 aliphatic heterocycles. The average Bonchev–Trinajstić information content (AvgIpc) is 2.42. The SMILES string of the molecule is CCOC(=O)c1cccc(NC2CCS(=O)(=O)CC2)c1. The van der Waals surface area contributed by atoms with Gasteiger partial charge in [-0.3, -0.25) is 0 Å². The minimum absolute atomic E-state index is 0.135. The van der Waals surface area contributed by atoms with Crippen LogP contribution in [0.1, 0.15) is 30.1 Å². The molecule has 20 heavy (non-hydrogen) atoms. The molecule has 5 nitrogen and oxygen atoms in total. The molecule has 1 aromatic carbocycles. The maximum atomic E-state index is 11.6. The van der Waals surface area contributed by atoms with Crippen molar-refractivity contribution < 1.29 is 17.9 Å². The number of hydrogen-bond donors (Lipinski definition) is 1. The van der Waals surface area contributed by atoms with Gasteiger partial charge in [0.2, 0.25) is 0 Å². The van der Waals surface area contributed by atoms with E-state index < -0.39 is 9.84 Å². The third-order valence-corrected chi connectivity index (χ3v) is 5.01. The molecule has 0 atom stereocenters. The van der Waals surface area contributed by atoms with E-state index >= 15 is 0 Å². The third-order valence-electron chi connectivity index (χ3n) is 3.30. The van der Waals surface area contributed by atoms with Gasteiger partial charge in [0.15, 0.2) is 0 Å². The Hall–Kier alpha value is -1.56. The number of carbonyl (C=O) groups is 1. The van der Waals surface area contributed by atoms with Gasteiger partial charge in [-0.2, -0.15) is 0 Å². The van der Waals surface area contributed by atoms with Crippen LogP contribution in [0, 0.1) is 0 Å². The van der Waals surface area contributed by atoms with Gasteiger partial charge in [-0.25, -0.2) is 13.2 Å². The molecule has 0 bridgehead atoms. The summed E-state index contributed by atoms with van der Waals surface area (Å²) in [5, 5.41) is 3.28. The first-order valence-electron chi connectivity index (χ1n) is 6.74. The molecular formula is C14H19NO4S. The van der Waals surface area contributed by atoms with Crippen LogP contribution >= 0.6 is 0 Å². The van der Waals surface area contributed by atoms with Crippen LogP contribution in [0.15, 0.2) is 24.3 Å². The summed E-state index contributed by atoms with van der Waals surface area (Å²) in [5.74, 6) is 0.104. The molecule has 1 aromatic rings. The van der Waals surface area contributed by atoms with Crippen molar-refractivity contribution in [1.82, 2.24) is 0 Å². The van der Waals surface area contributed by atoms with Gasteiger partial charge in [0, 0.05) is 11.7 Å². The number of benzene rings is 1. The normalized spacial score (nSPS) is 18.4. The van der Waals surface area contributed by atoms with Crippen molar-refractivity contribution in [2.24, 2.45) is 0 Å². The zero-order valence-electron chi connectivity index (χ0n) is 11.5. The lowest BCUT2D eigenvalue weighted by atomic mass is 10.1. The van der Waals surface area contributed by atoms with Crippen molar-refractivity contribution in [2.75, 3.05) is 23.4 Å². The highest BCUT2D eigenvalue weighted by Gasteiger charge is 2.23. The minimum Gasteiger partial charge on any atom is -0.462 e. The summed E-state index contributed by atoms with van der Waals surface area (Å²) in [7, 11) is -2.85. The summed E-state index contributed by atoms with van der Waals surface area (Å²) < 4.78 is 27.7. The van der Waals surface area contributed by atoms with Crippen LogP contribution in [0.5, 0.6) is 0 Å². The van der Waals surface area contributed by atoms with Gasteiger partial charge in [-0.15, -0.1) is 0 Å². The number of anilines is 1. The first-order chi connectivity index (χ1) is 9.50. The van der Waals surface area contributed by atoms with Crippen LogP contribution in [-0.4, -0.2) is 38.5 Å². The maximum absolute atomic E-state index is 11.6. The van der Waals surface area contributed by atoms with Crippen LogP contribution < -0.4 is 5.32 Å². The van der Waals surface area contributed by atoms with Crippen LogP contribution in [0.4, 0.5) is 5.69 Å². The zero-order valence-corrected chi connectivity index (χ0v) is 12.3. The second kappa shape index (κ2) is 6.26. The quantitative estimate of drug-likeness (QED) is 0.859. The highest BCUT2D eigenvalue weighted by atomic mass is 32.2. The zero-order chi connectivity index (χ0) is 14.6. The molecule has 1 saturated heterocycles. The van der Waals surface area contributed by atoms with Gasteiger partial charge in [0.25, 0.3) is 0 Å². The summed E-state index contributed by atoms with van der Waals surface area (Å²) in [6.07, 6.45) is 1.21. The Balaban J connectivity index is 2.00. The second-order valence-corrected chi connectivity index (χ2v) is 7.18. The standard InChI is InChI=1S/C14H19NO4S/c1-2-19-14(16)11-4-3-5-13(10-11)15-12-6-8-20(17,18)9-7-12/h3-5,10,12,15H,2,6-9H2,1H3. The molecule has 0 spiro atoms. The van der Waals surface area contributed by atoms with Crippen molar-refractivity contribution in [3.8, 4) is 0 Å². The molecule has 0 saturated carbocycles. The van der Waals surface area contributed by atoms with Crippen molar-refractivity contribution >= 4 is 21.5 Å². The Bertz CT molecular complexity index is 569. The lowest BCUT2D eigenvalue weighted by Gasteiger charge is -2.24. The second-order valence-electron chi connectivity index (χ2n) is 4.87. The van der Waals surface area contributed by atoms with Crippen molar-refractivity contribution in [1.29, 1.82) is 0 Å². The van der Waals surface area contributed by atoms with Crippen LogP contribution in [0.3, 0.4) is 0 Å². The lowest BCUT2D eigenvalue weighted by Crippen LogP contribution is -2.32. The molecule has 6 heteroatoms. The molecule has 0 aromatic heterocycles. The molecular weight excluding hydrogens is 278 g/mol. The van der Waals surface area contributed by atoms with Gasteiger partial charge in [0.1, 0.15) is 9.84 Å². The number of nitrogens with one attached hydrogen (secondary N) is 1. The monoisotopic (exact) mass is 297 g/mol. The number of rotatable bonds is 4. The van der Waals surface area contributed by atoms with Gasteiger partial charge < -0.3 is 10.1 Å². The van der Waals surface area contributed by atoms with Crippen LogP contribution in [-0.2, 0) is 14.6 Å². The summed E-state index contributed by atoms with van der Waals surface area (Å²) >= 11 is 0. The molecule has 110 valence electrons. The van der Waals surface area contributed by atoms with E-state index in [-0.39, 0.29) is 23.5 Å². The number of esters is 1. The largest absolute Gasteiger partial charge is 0.462 e. The Labute approximate surface area is 119 Å². The molecule has 1 heterocycles. The van der Waals surface area contributed by atoms with Gasteiger partial charge in [-0.1, -0.05) is 6.07 Å². The fourth-order valence-corrected chi connectivity index (χ4v) is 3.71. The predicted molar refractivity (Wildman–Crippen MR) is 77.7 cm³/mol. The predicted octanol–water partition coefficient (Wildman–Crippen LogP) is 1.85. The molecule has 0 amide bonds. The summed E-state index contributed by atoms with van der Waals surface area (Å²) in [5.41, 5.74) is 1.32. The van der Waals surface area contributed by atoms with Gasteiger partial charge >= 0.3 is 5.97 Å². The molecule has 0 aliphatic carbocycles. The maximum Gasteiger partial charge on any atom is 0.338 e. The molecule has 1 aliphatic rings. The first-order valence-corrected chi connectivity index (χ1v) is 8.56. The number of sulfone groups is 1. The van der Waals surface area contributed by atoms with E-state index in [0.717, 1.165) is 5.69 Å². The van der Waals surface area contributed by atoms with E-state index in [9.17, 15) is 13.2 Å². The first kappa shape index (κ1) is 14.8. The van der Waals surface area contributed by atoms with Crippen molar-refractivity contribution in [2.45, 2.75) is 25.8 Å². The summed E-state index contributed by atoms with van der Waals surface area (Å²) in [6.45, 7) is 2.11. The molecule has 1 N–H and O–H groups in total. The molecule has 2 rings (SSSR count). The number of ether oxygens (including phenoxy) is 1. The highest BCUT2D eigenvalue weighted by molar-refractivity contribution is 7.91.